The fourth-order valence-corrected chi connectivity index (χ4v) is 7.13. The van der Waals surface area contributed by atoms with Crippen LogP contribution in [0.3, 0.4) is 0 Å². The maximum atomic E-state index is 14.7. The van der Waals surface area contributed by atoms with Crippen molar-refractivity contribution in [3.05, 3.63) is 125 Å². The Labute approximate surface area is 304 Å². The van der Waals surface area contributed by atoms with Crippen LogP contribution in [0.25, 0.3) is 38.4 Å². The zero-order valence-corrected chi connectivity index (χ0v) is 29.2. The number of aromatic nitrogens is 6. The topological polar surface area (TPSA) is 123 Å². The number of anilines is 1. The predicted octanol–water partition coefficient (Wildman–Crippen LogP) is 7.21. The van der Waals surface area contributed by atoms with Gasteiger partial charge in [0.2, 0.25) is 5.88 Å². The van der Waals surface area contributed by atoms with Crippen LogP contribution in [-0.4, -0.2) is 66.3 Å². The molecule has 3 aromatic carbocycles. The third kappa shape index (κ3) is 6.62. The summed E-state index contributed by atoms with van der Waals surface area (Å²) in [6, 6.07) is 24.6. The summed E-state index contributed by atoms with van der Waals surface area (Å²) in [6.45, 7) is 5.69. The number of benzene rings is 3. The van der Waals surface area contributed by atoms with Gasteiger partial charge in [-0.2, -0.15) is 5.10 Å². The SMILES string of the molecule is Cc1n[nH]c2ccc(NC(=O)c3ccc4c(c3)nc(CN3CC=C(c5cccc(OCc6c(F)cnc7ccccc67)n5)CC3)n4C[C@@H]3CCO3)cc12. The molecule has 1 amide bonds. The van der Waals surface area contributed by atoms with Gasteiger partial charge in [0, 0.05) is 53.3 Å². The molecule has 0 aliphatic carbocycles. The average molecular weight is 709 g/mol. The first-order valence-electron chi connectivity index (χ1n) is 17.9. The number of nitrogens with zero attached hydrogens (tertiary/aromatic N) is 6. The highest BCUT2D eigenvalue weighted by atomic mass is 19.1. The second-order valence-corrected chi connectivity index (χ2v) is 13.6. The van der Waals surface area contributed by atoms with Crippen LogP contribution >= 0.6 is 0 Å². The molecule has 1 saturated heterocycles. The lowest BCUT2D eigenvalue weighted by atomic mass is 10.0. The minimum atomic E-state index is -0.399. The van der Waals surface area contributed by atoms with Crippen molar-refractivity contribution < 1.29 is 18.7 Å². The number of fused-ring (bicyclic) bond motifs is 3. The Bertz CT molecular complexity index is 2540. The molecule has 0 saturated carbocycles. The summed E-state index contributed by atoms with van der Waals surface area (Å²) < 4.78 is 28.8. The van der Waals surface area contributed by atoms with Gasteiger partial charge in [-0.1, -0.05) is 30.3 Å². The van der Waals surface area contributed by atoms with E-state index in [0.29, 0.717) is 35.8 Å². The number of hydrogen-bond acceptors (Lipinski definition) is 8. The Hall–Kier alpha value is -5.98. The molecule has 266 valence electrons. The molecule has 7 aromatic rings. The van der Waals surface area contributed by atoms with Crippen LogP contribution in [0, 0.1) is 12.7 Å². The predicted molar refractivity (Wildman–Crippen MR) is 201 cm³/mol. The Morgan fingerprint density at radius 3 is 2.79 bits per heavy atom. The Morgan fingerprint density at radius 2 is 1.94 bits per heavy atom. The molecular formula is C41H37FN8O3. The highest BCUT2D eigenvalue weighted by Gasteiger charge is 2.24. The van der Waals surface area contributed by atoms with Crippen LogP contribution < -0.4 is 10.1 Å². The molecule has 11 nitrogen and oxygen atoms in total. The van der Waals surface area contributed by atoms with Crippen LogP contribution in [0.2, 0.25) is 0 Å². The molecule has 2 aliphatic rings. The summed E-state index contributed by atoms with van der Waals surface area (Å²) in [5.74, 6) is 0.792. The van der Waals surface area contributed by atoms with Crippen molar-refractivity contribution in [1.29, 1.82) is 0 Å². The number of aromatic amines is 1. The van der Waals surface area contributed by atoms with Crippen LogP contribution in [0.5, 0.6) is 5.88 Å². The van der Waals surface area contributed by atoms with Gasteiger partial charge in [0.15, 0.2) is 0 Å². The molecule has 0 unspecified atom stereocenters. The van der Waals surface area contributed by atoms with Crippen molar-refractivity contribution in [2.75, 3.05) is 25.0 Å². The van der Waals surface area contributed by atoms with Crippen LogP contribution in [-0.2, 0) is 24.4 Å². The van der Waals surface area contributed by atoms with Gasteiger partial charge in [-0.3, -0.25) is 19.8 Å². The monoisotopic (exact) mass is 708 g/mol. The van der Waals surface area contributed by atoms with Gasteiger partial charge >= 0.3 is 0 Å². The molecule has 12 heteroatoms. The Kier molecular flexibility index (Phi) is 8.61. The van der Waals surface area contributed by atoms with Crippen LogP contribution in [0.15, 0.2) is 91.1 Å². The van der Waals surface area contributed by atoms with Gasteiger partial charge in [-0.05, 0) is 73.9 Å². The van der Waals surface area contributed by atoms with Gasteiger partial charge in [0.05, 0.1) is 58.8 Å². The van der Waals surface area contributed by atoms with E-state index in [2.05, 4.69) is 36.0 Å². The number of carbonyl (C=O) groups is 1. The summed E-state index contributed by atoms with van der Waals surface area (Å²) in [5, 5.41) is 12.0. The first-order chi connectivity index (χ1) is 25.9. The highest BCUT2D eigenvalue weighted by molar-refractivity contribution is 6.06. The number of halogens is 1. The van der Waals surface area contributed by atoms with Gasteiger partial charge in [-0.25, -0.2) is 14.4 Å². The van der Waals surface area contributed by atoms with Gasteiger partial charge < -0.3 is 19.4 Å². The molecule has 0 radical (unpaired) electrons. The number of aryl methyl sites for hydroxylation is 1. The Balaban J connectivity index is 0.897. The molecule has 0 spiro atoms. The fraction of sp³-hybridized carbons (Fsp3) is 0.244. The average Bonchev–Trinajstić information content (AvgIpc) is 3.71. The number of ether oxygens (including phenoxy) is 2. The summed E-state index contributed by atoms with van der Waals surface area (Å²) in [5.41, 5.74) is 8.00. The summed E-state index contributed by atoms with van der Waals surface area (Å²) in [6.07, 6.45) is 5.42. The van der Waals surface area contributed by atoms with E-state index < -0.39 is 5.82 Å². The van der Waals surface area contributed by atoms with Gasteiger partial charge in [0.1, 0.15) is 18.2 Å². The van der Waals surface area contributed by atoms with E-state index in [0.717, 1.165) is 88.2 Å². The zero-order chi connectivity index (χ0) is 35.9. The Morgan fingerprint density at radius 1 is 1.04 bits per heavy atom. The van der Waals surface area contributed by atoms with Gasteiger partial charge in [-0.15, -0.1) is 0 Å². The maximum absolute atomic E-state index is 14.7. The number of amides is 1. The standard InChI is InChI=1S/C41H37FN8O3/c1-25-31-20-28(10-11-36(31)48-47-25)44-41(51)27-9-12-38-37(19-27)45-39(50(38)22-29-15-18-52-29)23-49-16-13-26(14-17-49)34-7-4-8-40(46-34)53-24-32-30-5-2-3-6-35(30)43-21-33(32)42/h2-13,19-21,29H,14-18,22-24H2,1H3,(H,44,51)(H,47,48)/t29-/m0/s1. The molecule has 2 N–H and O–H groups in total. The van der Waals surface area contributed by atoms with E-state index in [1.807, 2.05) is 79.7 Å². The van der Waals surface area contributed by atoms with Crippen LogP contribution in [0.1, 0.15) is 46.0 Å². The number of imidazole rings is 1. The molecule has 0 bridgehead atoms. The number of H-pyrrole nitrogens is 1. The zero-order valence-electron chi connectivity index (χ0n) is 29.2. The van der Waals surface area contributed by atoms with Crippen molar-refractivity contribution in [3.63, 3.8) is 0 Å². The molecule has 1 atom stereocenters. The summed E-state index contributed by atoms with van der Waals surface area (Å²) in [7, 11) is 0. The fourth-order valence-electron chi connectivity index (χ4n) is 7.13. The summed E-state index contributed by atoms with van der Waals surface area (Å²) in [4.78, 5) is 29.7. The van der Waals surface area contributed by atoms with E-state index in [1.54, 1.807) is 6.07 Å². The molecule has 6 heterocycles. The van der Waals surface area contributed by atoms with Crippen molar-refractivity contribution in [3.8, 4) is 5.88 Å². The lowest BCUT2D eigenvalue weighted by Crippen LogP contribution is -2.33. The number of hydrogen-bond donors (Lipinski definition) is 2. The van der Waals surface area contributed by atoms with E-state index in [9.17, 15) is 9.18 Å². The molecule has 53 heavy (non-hydrogen) atoms. The lowest BCUT2D eigenvalue weighted by Gasteiger charge is -2.29. The molecular weight excluding hydrogens is 672 g/mol. The van der Waals surface area contributed by atoms with Crippen molar-refractivity contribution in [2.24, 2.45) is 0 Å². The molecule has 2 aliphatic heterocycles. The normalized spacial score (nSPS) is 16.2. The smallest absolute Gasteiger partial charge is 0.255 e. The van der Waals surface area contributed by atoms with Crippen molar-refractivity contribution >= 4 is 50.0 Å². The third-order valence-electron chi connectivity index (χ3n) is 10.2. The molecule has 9 rings (SSSR count). The quantitative estimate of drug-likeness (QED) is 0.153. The highest BCUT2D eigenvalue weighted by Crippen LogP contribution is 2.28. The number of rotatable bonds is 10. The van der Waals surface area contributed by atoms with Crippen molar-refractivity contribution in [1.82, 2.24) is 34.6 Å². The first kappa shape index (κ1) is 32.9. The maximum Gasteiger partial charge on any atom is 0.255 e. The first-order valence-corrected chi connectivity index (χ1v) is 17.9. The number of carbonyl (C=O) groups excluding carboxylic acids is 1. The second-order valence-electron chi connectivity index (χ2n) is 13.6. The summed E-state index contributed by atoms with van der Waals surface area (Å²) >= 11 is 0. The van der Waals surface area contributed by atoms with Crippen LogP contribution in [0.4, 0.5) is 10.1 Å². The molecule has 1 fully saturated rings. The van der Waals surface area contributed by atoms with E-state index in [1.165, 1.54) is 6.20 Å². The number of nitrogens with one attached hydrogen (secondary N) is 2. The third-order valence-corrected chi connectivity index (χ3v) is 10.2. The van der Waals surface area contributed by atoms with Crippen molar-refractivity contribution in [2.45, 2.75) is 45.6 Å². The van der Waals surface area contributed by atoms with Gasteiger partial charge in [0.25, 0.3) is 5.91 Å². The van der Waals surface area contributed by atoms with E-state index in [4.69, 9.17) is 19.4 Å². The number of para-hydroxylation sites is 1. The van der Waals surface area contributed by atoms with E-state index in [-0.39, 0.29) is 18.6 Å². The van der Waals surface area contributed by atoms with E-state index >= 15 is 0 Å². The second kappa shape index (κ2) is 13.9. The largest absolute Gasteiger partial charge is 0.473 e. The number of pyridine rings is 2. The minimum absolute atomic E-state index is 0.0548. The minimum Gasteiger partial charge on any atom is -0.473 e. The lowest BCUT2D eigenvalue weighted by molar-refractivity contribution is -0.0591. The molecule has 4 aromatic heterocycles.